The number of benzene rings is 1. The van der Waals surface area contributed by atoms with Crippen LogP contribution in [0.4, 0.5) is 23.2 Å². The van der Waals surface area contributed by atoms with Crippen molar-refractivity contribution in [3.63, 3.8) is 0 Å². The minimum absolute atomic E-state index is 0.0978. The van der Waals surface area contributed by atoms with Crippen LogP contribution in [-0.2, 0) is 6.18 Å². The Bertz CT molecular complexity index is 763. The quantitative estimate of drug-likeness (QED) is 0.660. The molecule has 0 amide bonds. The first-order valence-electron chi connectivity index (χ1n) is 5.92. The Hall–Kier alpha value is -3.16. The highest BCUT2D eigenvalue weighted by Gasteiger charge is 2.36. The van der Waals surface area contributed by atoms with E-state index in [9.17, 15) is 17.6 Å². The number of H-pyrrole nitrogens is 1. The van der Waals surface area contributed by atoms with Gasteiger partial charge < -0.3 is 10.1 Å². The van der Waals surface area contributed by atoms with Crippen molar-refractivity contribution in [3.8, 4) is 11.8 Å². The SMILES string of the molecule is COc1cc(NC=C(C#N)c2nn[nH]n2)c(F)c(C(F)(F)F)c1. The summed E-state index contributed by atoms with van der Waals surface area (Å²) in [7, 11) is 1.15. The van der Waals surface area contributed by atoms with Crippen LogP contribution in [0.2, 0.25) is 0 Å². The van der Waals surface area contributed by atoms with Crippen LogP contribution in [-0.4, -0.2) is 27.7 Å². The molecule has 2 aromatic rings. The number of rotatable bonds is 4. The van der Waals surface area contributed by atoms with Gasteiger partial charge >= 0.3 is 6.18 Å². The number of nitriles is 1. The van der Waals surface area contributed by atoms with Gasteiger partial charge in [-0.05, 0) is 11.3 Å². The minimum Gasteiger partial charge on any atom is -0.497 e. The minimum atomic E-state index is -4.90. The maximum Gasteiger partial charge on any atom is 0.419 e. The Labute approximate surface area is 126 Å². The van der Waals surface area contributed by atoms with Crippen LogP contribution in [0.1, 0.15) is 11.4 Å². The van der Waals surface area contributed by atoms with Crippen LogP contribution in [0.15, 0.2) is 18.3 Å². The number of methoxy groups -OCH3 is 1. The first-order chi connectivity index (χ1) is 10.9. The van der Waals surface area contributed by atoms with E-state index in [-0.39, 0.29) is 17.1 Å². The molecule has 0 atom stereocenters. The Morgan fingerprint density at radius 3 is 2.70 bits per heavy atom. The summed E-state index contributed by atoms with van der Waals surface area (Å²) in [6.07, 6.45) is -3.94. The molecule has 23 heavy (non-hydrogen) atoms. The summed E-state index contributed by atoms with van der Waals surface area (Å²) < 4.78 is 57.1. The average molecular weight is 328 g/mol. The lowest BCUT2D eigenvalue weighted by atomic mass is 10.1. The fourth-order valence-corrected chi connectivity index (χ4v) is 1.60. The van der Waals surface area contributed by atoms with Crippen molar-refractivity contribution in [2.75, 3.05) is 12.4 Å². The predicted molar refractivity (Wildman–Crippen MR) is 69.3 cm³/mol. The molecule has 2 N–H and O–H groups in total. The Balaban J connectivity index is 2.42. The first kappa shape index (κ1) is 16.2. The van der Waals surface area contributed by atoms with Crippen molar-refractivity contribution in [1.82, 2.24) is 20.6 Å². The first-order valence-corrected chi connectivity index (χ1v) is 5.92. The number of aromatic amines is 1. The largest absolute Gasteiger partial charge is 0.497 e. The number of tetrazole rings is 1. The third-order valence-electron chi connectivity index (χ3n) is 2.67. The zero-order valence-corrected chi connectivity index (χ0v) is 11.4. The lowest BCUT2D eigenvalue weighted by Crippen LogP contribution is -2.10. The number of nitrogens with one attached hydrogen (secondary N) is 2. The number of hydrogen-bond acceptors (Lipinski definition) is 6. The number of hydrogen-bond donors (Lipinski definition) is 2. The zero-order valence-electron chi connectivity index (χ0n) is 11.4. The van der Waals surface area contributed by atoms with Gasteiger partial charge in [-0.25, -0.2) is 4.39 Å². The summed E-state index contributed by atoms with van der Waals surface area (Å²) in [5, 5.41) is 23.6. The highest BCUT2D eigenvalue weighted by Crippen LogP contribution is 2.37. The summed E-state index contributed by atoms with van der Waals surface area (Å²) >= 11 is 0. The van der Waals surface area contributed by atoms with Gasteiger partial charge in [0.15, 0.2) is 5.82 Å². The summed E-state index contributed by atoms with van der Waals surface area (Å²) in [6.45, 7) is 0. The normalized spacial score (nSPS) is 11.9. The number of allylic oxidation sites excluding steroid dienone is 1. The van der Waals surface area contributed by atoms with Crippen molar-refractivity contribution in [1.29, 1.82) is 5.26 Å². The zero-order chi connectivity index (χ0) is 17.0. The Morgan fingerprint density at radius 1 is 1.43 bits per heavy atom. The summed E-state index contributed by atoms with van der Waals surface area (Å²) in [5.74, 6) is -1.83. The van der Waals surface area contributed by atoms with E-state index >= 15 is 0 Å². The number of ether oxygens (including phenoxy) is 1. The number of nitrogens with zero attached hydrogens (tertiary/aromatic N) is 4. The van der Waals surface area contributed by atoms with Crippen LogP contribution >= 0.6 is 0 Å². The van der Waals surface area contributed by atoms with Gasteiger partial charge in [-0.15, -0.1) is 10.2 Å². The topological polar surface area (TPSA) is 99.5 Å². The molecule has 7 nitrogen and oxygen atoms in total. The molecule has 1 aromatic heterocycles. The van der Waals surface area contributed by atoms with Crippen LogP contribution < -0.4 is 10.1 Å². The Morgan fingerprint density at radius 2 is 2.17 bits per heavy atom. The summed E-state index contributed by atoms with van der Waals surface area (Å²) in [4.78, 5) is 0. The number of aromatic nitrogens is 4. The standard InChI is InChI=1S/C12H8F4N6O/c1-23-7-2-8(12(14,15)16)10(13)9(3-7)18-5-6(4-17)11-19-21-22-20-11/h2-3,5,18H,1H3,(H,19,20,21,22). The van der Waals surface area contributed by atoms with E-state index in [1.54, 1.807) is 6.07 Å². The second-order valence-corrected chi connectivity index (χ2v) is 4.08. The molecule has 0 saturated carbocycles. The number of anilines is 1. The third kappa shape index (κ3) is 3.54. The second kappa shape index (κ2) is 6.30. The molecule has 0 aliphatic carbocycles. The maximum absolute atomic E-state index is 14.0. The molecule has 0 unspecified atom stereocenters. The third-order valence-corrected chi connectivity index (χ3v) is 2.67. The van der Waals surface area contributed by atoms with E-state index in [0.717, 1.165) is 19.4 Å². The van der Waals surface area contributed by atoms with Gasteiger partial charge in [-0.2, -0.15) is 23.6 Å². The predicted octanol–water partition coefficient (Wildman–Crippen LogP) is 2.34. The monoisotopic (exact) mass is 328 g/mol. The lowest BCUT2D eigenvalue weighted by molar-refractivity contribution is -0.140. The molecule has 0 aliphatic rings. The fourth-order valence-electron chi connectivity index (χ4n) is 1.60. The smallest absolute Gasteiger partial charge is 0.419 e. The molecule has 0 aliphatic heterocycles. The van der Waals surface area contributed by atoms with Gasteiger partial charge in [-0.1, -0.05) is 0 Å². The van der Waals surface area contributed by atoms with E-state index in [4.69, 9.17) is 10.00 Å². The van der Waals surface area contributed by atoms with Crippen molar-refractivity contribution in [3.05, 3.63) is 35.5 Å². The van der Waals surface area contributed by atoms with Crippen molar-refractivity contribution in [2.24, 2.45) is 0 Å². The number of halogens is 4. The Kier molecular flexibility index (Phi) is 4.44. The molecule has 1 aromatic carbocycles. The van der Waals surface area contributed by atoms with Gasteiger partial charge in [0.05, 0.1) is 18.4 Å². The van der Waals surface area contributed by atoms with E-state index in [0.29, 0.717) is 6.07 Å². The molecule has 0 spiro atoms. The van der Waals surface area contributed by atoms with Gasteiger partial charge in [0, 0.05) is 12.3 Å². The van der Waals surface area contributed by atoms with Crippen molar-refractivity contribution < 1.29 is 22.3 Å². The van der Waals surface area contributed by atoms with Gasteiger partial charge in [-0.3, -0.25) is 0 Å². The molecule has 1 heterocycles. The summed E-state index contributed by atoms with van der Waals surface area (Å²) in [6, 6.07) is 3.26. The fraction of sp³-hybridized carbons (Fsp3) is 0.167. The van der Waals surface area contributed by atoms with Crippen LogP contribution in [0, 0.1) is 17.1 Å². The number of alkyl halides is 3. The second-order valence-electron chi connectivity index (χ2n) is 4.08. The van der Waals surface area contributed by atoms with E-state index < -0.39 is 23.2 Å². The summed E-state index contributed by atoms with van der Waals surface area (Å²) in [5.41, 5.74) is -2.17. The van der Waals surface area contributed by atoms with E-state index in [2.05, 4.69) is 25.9 Å². The molecule has 11 heteroatoms. The van der Waals surface area contributed by atoms with Crippen LogP contribution in [0.3, 0.4) is 0 Å². The van der Waals surface area contributed by atoms with Crippen molar-refractivity contribution >= 4 is 11.3 Å². The van der Waals surface area contributed by atoms with Gasteiger partial charge in [0.25, 0.3) is 0 Å². The highest BCUT2D eigenvalue weighted by atomic mass is 19.4. The molecular weight excluding hydrogens is 320 g/mol. The van der Waals surface area contributed by atoms with Crippen LogP contribution in [0.5, 0.6) is 5.75 Å². The average Bonchev–Trinajstić information content (AvgIpc) is 3.02. The van der Waals surface area contributed by atoms with Gasteiger partial charge in [0.1, 0.15) is 17.4 Å². The lowest BCUT2D eigenvalue weighted by Gasteiger charge is -2.13. The van der Waals surface area contributed by atoms with E-state index in [1.165, 1.54) is 0 Å². The maximum atomic E-state index is 14.0. The highest BCUT2D eigenvalue weighted by molar-refractivity contribution is 5.74. The molecular formula is C12H8F4N6O. The molecule has 0 fully saturated rings. The molecule has 0 saturated heterocycles. The molecule has 2 rings (SSSR count). The molecule has 0 radical (unpaired) electrons. The van der Waals surface area contributed by atoms with Gasteiger partial charge in [0.2, 0.25) is 5.82 Å². The molecule has 0 bridgehead atoms. The van der Waals surface area contributed by atoms with Crippen LogP contribution in [0.25, 0.3) is 5.57 Å². The van der Waals surface area contributed by atoms with Crippen molar-refractivity contribution in [2.45, 2.75) is 6.18 Å². The molecule has 120 valence electrons. The van der Waals surface area contributed by atoms with E-state index in [1.807, 2.05) is 0 Å².